The number of hydrogen-bond acceptors (Lipinski definition) is 4. The molecule has 0 saturated carbocycles. The standard InChI is InChI=1S/C18H17ClF3N3O3S/c1-11-4-9-16(24-29(27,28)18(20,21)22)15(10-11)12(2)23-25(3)17(26)13-5-7-14(19)8-6-13/h4-10,24H,1-3H3/b23-12+. The van der Waals surface area contributed by atoms with E-state index in [4.69, 9.17) is 11.6 Å². The Bertz CT molecular complexity index is 1050. The molecule has 29 heavy (non-hydrogen) atoms. The second kappa shape index (κ2) is 8.42. The molecule has 0 fully saturated rings. The highest BCUT2D eigenvalue weighted by Crippen LogP contribution is 2.28. The van der Waals surface area contributed by atoms with Crippen molar-refractivity contribution in [3.8, 4) is 0 Å². The lowest BCUT2D eigenvalue weighted by Gasteiger charge is -2.17. The number of nitrogens with zero attached hydrogens (tertiary/aromatic N) is 2. The smallest absolute Gasteiger partial charge is 0.275 e. The minimum atomic E-state index is -5.61. The van der Waals surface area contributed by atoms with E-state index in [1.54, 1.807) is 6.92 Å². The number of carbonyl (C=O) groups excluding carboxylic acids is 1. The first kappa shape index (κ1) is 22.7. The highest BCUT2D eigenvalue weighted by atomic mass is 35.5. The Kier molecular flexibility index (Phi) is 6.59. The number of sulfonamides is 1. The van der Waals surface area contributed by atoms with Crippen molar-refractivity contribution in [2.24, 2.45) is 5.10 Å². The van der Waals surface area contributed by atoms with Gasteiger partial charge in [0.15, 0.2) is 0 Å². The molecule has 1 amide bonds. The van der Waals surface area contributed by atoms with Gasteiger partial charge in [-0.15, -0.1) is 0 Å². The minimum absolute atomic E-state index is 0.105. The van der Waals surface area contributed by atoms with Crippen molar-refractivity contribution in [3.63, 3.8) is 0 Å². The van der Waals surface area contributed by atoms with Crippen molar-refractivity contribution < 1.29 is 26.4 Å². The molecule has 0 spiro atoms. The van der Waals surface area contributed by atoms with Crippen LogP contribution < -0.4 is 4.72 Å². The number of hydrogen-bond donors (Lipinski definition) is 1. The van der Waals surface area contributed by atoms with Crippen molar-refractivity contribution in [2.45, 2.75) is 19.4 Å². The number of alkyl halides is 3. The molecule has 0 heterocycles. The molecule has 0 aliphatic heterocycles. The molecular weight excluding hydrogens is 431 g/mol. The highest BCUT2D eigenvalue weighted by Gasteiger charge is 2.46. The Hall–Kier alpha value is -2.59. The van der Waals surface area contributed by atoms with Crippen LogP contribution in [-0.2, 0) is 10.0 Å². The number of rotatable bonds is 5. The molecule has 6 nitrogen and oxygen atoms in total. The van der Waals surface area contributed by atoms with E-state index in [9.17, 15) is 26.4 Å². The number of halogens is 4. The van der Waals surface area contributed by atoms with E-state index in [0.717, 1.165) is 5.01 Å². The quantitative estimate of drug-likeness (QED) is 0.544. The summed E-state index contributed by atoms with van der Waals surface area (Å²) in [6.45, 7) is 3.13. The van der Waals surface area contributed by atoms with Gasteiger partial charge in [-0.1, -0.05) is 23.2 Å². The fraction of sp³-hybridized carbons (Fsp3) is 0.222. The zero-order valence-electron chi connectivity index (χ0n) is 15.6. The number of anilines is 1. The number of benzene rings is 2. The Morgan fingerprint density at radius 2 is 1.72 bits per heavy atom. The number of hydrazone groups is 1. The van der Waals surface area contributed by atoms with Crippen LogP contribution in [0.5, 0.6) is 0 Å². The molecular formula is C18H17ClF3N3O3S. The lowest BCUT2D eigenvalue weighted by atomic mass is 10.1. The molecule has 0 bridgehead atoms. The first-order valence-corrected chi connectivity index (χ1v) is 9.97. The molecule has 0 aliphatic carbocycles. The largest absolute Gasteiger partial charge is 0.516 e. The third-order valence-corrected chi connectivity index (χ3v) is 5.15. The van der Waals surface area contributed by atoms with Crippen LogP contribution in [0.1, 0.15) is 28.4 Å². The van der Waals surface area contributed by atoms with Crippen LogP contribution in [0.3, 0.4) is 0 Å². The summed E-state index contributed by atoms with van der Waals surface area (Å²) in [5.74, 6) is -0.480. The lowest BCUT2D eigenvalue weighted by molar-refractivity contribution is -0.0429. The highest BCUT2D eigenvalue weighted by molar-refractivity contribution is 7.93. The number of amides is 1. The first-order valence-electron chi connectivity index (χ1n) is 8.11. The van der Waals surface area contributed by atoms with Gasteiger partial charge in [0.05, 0.1) is 11.4 Å². The third-order valence-electron chi connectivity index (χ3n) is 3.80. The summed E-state index contributed by atoms with van der Waals surface area (Å²) in [5, 5.41) is 5.54. The van der Waals surface area contributed by atoms with Crippen LogP contribution in [-0.4, -0.2) is 37.6 Å². The molecule has 1 N–H and O–H groups in total. The van der Waals surface area contributed by atoms with E-state index in [1.807, 2.05) is 0 Å². The van der Waals surface area contributed by atoms with E-state index < -0.39 is 21.4 Å². The Labute approximate surface area is 171 Å². The van der Waals surface area contributed by atoms with E-state index in [1.165, 1.54) is 61.2 Å². The lowest BCUT2D eigenvalue weighted by Crippen LogP contribution is -2.30. The maximum Gasteiger partial charge on any atom is 0.516 e. The van der Waals surface area contributed by atoms with Crippen LogP contribution in [0.15, 0.2) is 47.6 Å². The van der Waals surface area contributed by atoms with E-state index in [0.29, 0.717) is 16.1 Å². The Balaban J connectivity index is 2.38. The average Bonchev–Trinajstić information content (AvgIpc) is 2.62. The van der Waals surface area contributed by atoms with Gasteiger partial charge in [0.25, 0.3) is 5.91 Å². The summed E-state index contributed by atoms with van der Waals surface area (Å²) in [5.41, 5.74) is -4.57. The van der Waals surface area contributed by atoms with Crippen molar-refractivity contribution >= 4 is 38.9 Å². The van der Waals surface area contributed by atoms with Gasteiger partial charge < -0.3 is 0 Å². The predicted octanol–water partition coefficient (Wildman–Crippen LogP) is 4.41. The Morgan fingerprint density at radius 3 is 2.28 bits per heavy atom. The summed E-state index contributed by atoms with van der Waals surface area (Å²) < 4.78 is 62.6. The summed E-state index contributed by atoms with van der Waals surface area (Å²) in [7, 11) is -4.24. The van der Waals surface area contributed by atoms with E-state index >= 15 is 0 Å². The van der Waals surface area contributed by atoms with Gasteiger partial charge in [-0.25, -0.2) is 5.01 Å². The molecule has 2 aromatic rings. The second-order valence-electron chi connectivity index (χ2n) is 6.12. The van der Waals surface area contributed by atoms with Gasteiger partial charge in [0.1, 0.15) is 0 Å². The second-order valence-corrected chi connectivity index (χ2v) is 8.23. The fourth-order valence-electron chi connectivity index (χ4n) is 2.35. The average molecular weight is 448 g/mol. The number of nitrogens with one attached hydrogen (secondary N) is 1. The van der Waals surface area contributed by atoms with Gasteiger partial charge in [-0.3, -0.25) is 9.52 Å². The molecule has 156 valence electrons. The van der Waals surface area contributed by atoms with Crippen LogP contribution >= 0.6 is 11.6 Å². The number of carbonyl (C=O) groups is 1. The van der Waals surface area contributed by atoms with Crippen LogP contribution in [0.2, 0.25) is 5.02 Å². The van der Waals surface area contributed by atoms with Crippen molar-refractivity contribution in [1.29, 1.82) is 0 Å². The summed E-state index contributed by atoms with van der Waals surface area (Å²) in [6, 6.07) is 10.2. The maximum atomic E-state index is 12.7. The van der Waals surface area contributed by atoms with E-state index in [2.05, 4.69) is 5.10 Å². The molecule has 0 radical (unpaired) electrons. The van der Waals surface area contributed by atoms with Crippen LogP contribution in [0.25, 0.3) is 0 Å². The summed E-state index contributed by atoms with van der Waals surface area (Å²) in [6.07, 6.45) is 0. The van der Waals surface area contributed by atoms with Crippen molar-refractivity contribution in [2.75, 3.05) is 11.8 Å². The van der Waals surface area contributed by atoms with Crippen LogP contribution in [0.4, 0.5) is 18.9 Å². The van der Waals surface area contributed by atoms with Gasteiger partial charge in [0, 0.05) is 23.2 Å². The van der Waals surface area contributed by atoms with Gasteiger partial charge in [-0.05, 0) is 50.2 Å². The molecule has 0 aromatic heterocycles. The molecule has 2 aromatic carbocycles. The fourth-order valence-corrected chi connectivity index (χ4v) is 3.06. The zero-order valence-corrected chi connectivity index (χ0v) is 17.2. The van der Waals surface area contributed by atoms with Crippen LogP contribution in [0, 0.1) is 6.92 Å². The SMILES string of the molecule is C/C(=N\N(C)C(=O)c1ccc(Cl)cc1)c1cc(C)ccc1NS(=O)(=O)C(F)(F)F. The van der Waals surface area contributed by atoms with Crippen molar-refractivity contribution in [3.05, 3.63) is 64.2 Å². The van der Waals surface area contributed by atoms with Crippen molar-refractivity contribution in [1.82, 2.24) is 5.01 Å². The first-order chi connectivity index (χ1) is 13.3. The minimum Gasteiger partial charge on any atom is -0.275 e. The third kappa shape index (κ3) is 5.48. The molecule has 0 saturated heterocycles. The summed E-state index contributed by atoms with van der Waals surface area (Å²) >= 11 is 5.79. The zero-order chi connectivity index (χ0) is 22.0. The number of aryl methyl sites for hydroxylation is 1. The molecule has 0 aliphatic rings. The van der Waals surface area contributed by atoms with Gasteiger partial charge >= 0.3 is 15.5 Å². The van der Waals surface area contributed by atoms with Gasteiger partial charge in [-0.2, -0.15) is 26.7 Å². The summed E-state index contributed by atoms with van der Waals surface area (Å²) in [4.78, 5) is 12.5. The normalized spacial score (nSPS) is 12.6. The van der Waals surface area contributed by atoms with Gasteiger partial charge in [0.2, 0.25) is 0 Å². The molecule has 0 unspecified atom stereocenters. The molecule has 2 rings (SSSR count). The topological polar surface area (TPSA) is 78.8 Å². The monoisotopic (exact) mass is 447 g/mol. The predicted molar refractivity (Wildman–Crippen MR) is 106 cm³/mol. The Morgan fingerprint density at radius 1 is 1.14 bits per heavy atom. The maximum absolute atomic E-state index is 12.7. The molecule has 11 heteroatoms. The molecule has 0 atom stereocenters. The van der Waals surface area contributed by atoms with E-state index in [-0.39, 0.29) is 17.0 Å².